The fraction of sp³-hybridized carbons (Fsp3) is 0.154. The van der Waals surface area contributed by atoms with Crippen LogP contribution >= 0.6 is 23.4 Å². The van der Waals surface area contributed by atoms with E-state index in [-0.39, 0.29) is 30.6 Å². The summed E-state index contributed by atoms with van der Waals surface area (Å²) in [4.78, 5) is 36.5. The van der Waals surface area contributed by atoms with Gasteiger partial charge in [-0.25, -0.2) is 9.38 Å². The lowest BCUT2D eigenvalue weighted by atomic mass is 10.1. The molecule has 1 atom stereocenters. The lowest BCUT2D eigenvalue weighted by Gasteiger charge is -2.30. The quantitative estimate of drug-likeness (QED) is 0.506. The van der Waals surface area contributed by atoms with E-state index in [0.717, 1.165) is 22.4 Å². The van der Waals surface area contributed by atoms with E-state index in [1.54, 1.807) is 17.0 Å². The lowest BCUT2D eigenvalue weighted by molar-refractivity contribution is -0.126. The maximum absolute atomic E-state index is 13.1. The van der Waals surface area contributed by atoms with Gasteiger partial charge in [-0.15, -0.1) is 0 Å². The molecule has 2 aliphatic heterocycles. The molecule has 1 unspecified atom stereocenters. The van der Waals surface area contributed by atoms with Crippen molar-refractivity contribution in [3.05, 3.63) is 100 Å². The molecule has 0 fully saturated rings. The highest BCUT2D eigenvalue weighted by atomic mass is 35.5. The molecular weight excluding hydrogens is 487 g/mol. The van der Waals surface area contributed by atoms with E-state index >= 15 is 0 Å². The first-order chi connectivity index (χ1) is 17.0. The van der Waals surface area contributed by atoms with Gasteiger partial charge in [0.25, 0.3) is 5.91 Å². The highest BCUT2D eigenvalue weighted by Gasteiger charge is 2.42. The number of hydrogen-bond acceptors (Lipinski definition) is 5. The molecule has 3 aromatic carbocycles. The number of rotatable bonds is 6. The standard InChI is InChI=1S/C26H20ClFN4O2S/c27-18-5-3-4-17(12-18)15-35-26-30-21-7-2-1-6-20(21)24-31-25(34)22(32(24)26)13-23(33)29-14-16-8-10-19(28)11-9-16/h1-12,22H,13-15H2,(H,29,33). The Hall–Kier alpha value is -3.49. The molecular formula is C26H20ClFN4O2S. The summed E-state index contributed by atoms with van der Waals surface area (Å²) in [5, 5.41) is 4.05. The second kappa shape index (κ2) is 10.0. The van der Waals surface area contributed by atoms with Gasteiger partial charge in [0.1, 0.15) is 17.7 Å². The van der Waals surface area contributed by atoms with Crippen LogP contribution in [-0.2, 0) is 21.9 Å². The molecule has 9 heteroatoms. The number of amidine groups is 2. The number of aliphatic imine (C=N–C) groups is 2. The highest BCUT2D eigenvalue weighted by molar-refractivity contribution is 8.13. The number of carbonyl (C=O) groups is 2. The van der Waals surface area contributed by atoms with Gasteiger partial charge in [-0.05, 0) is 47.5 Å². The first-order valence-electron chi connectivity index (χ1n) is 11.0. The van der Waals surface area contributed by atoms with E-state index in [1.165, 1.54) is 23.9 Å². The van der Waals surface area contributed by atoms with E-state index in [1.807, 2.05) is 48.5 Å². The smallest absolute Gasteiger partial charge is 0.271 e. The van der Waals surface area contributed by atoms with Gasteiger partial charge in [0, 0.05) is 22.9 Å². The molecule has 0 spiro atoms. The van der Waals surface area contributed by atoms with Crippen LogP contribution < -0.4 is 5.32 Å². The van der Waals surface area contributed by atoms with Crippen molar-refractivity contribution in [3.63, 3.8) is 0 Å². The molecule has 35 heavy (non-hydrogen) atoms. The number of fused-ring (bicyclic) bond motifs is 3. The van der Waals surface area contributed by atoms with Gasteiger partial charge in [0.15, 0.2) is 5.17 Å². The fourth-order valence-corrected chi connectivity index (χ4v) is 5.13. The monoisotopic (exact) mass is 506 g/mol. The molecule has 0 saturated heterocycles. The minimum Gasteiger partial charge on any atom is -0.352 e. The summed E-state index contributed by atoms with van der Waals surface area (Å²) in [7, 11) is 0. The van der Waals surface area contributed by atoms with Gasteiger partial charge in [0.2, 0.25) is 5.91 Å². The van der Waals surface area contributed by atoms with Crippen molar-refractivity contribution in [3.8, 4) is 0 Å². The molecule has 176 valence electrons. The first-order valence-corrected chi connectivity index (χ1v) is 12.3. The summed E-state index contributed by atoms with van der Waals surface area (Å²) in [6.07, 6.45) is -0.0774. The Kier molecular flexibility index (Phi) is 6.66. The van der Waals surface area contributed by atoms with Crippen molar-refractivity contribution in [1.29, 1.82) is 0 Å². The van der Waals surface area contributed by atoms with E-state index < -0.39 is 6.04 Å². The summed E-state index contributed by atoms with van der Waals surface area (Å²) in [6.45, 7) is 0.237. The number of hydrogen-bond donors (Lipinski definition) is 1. The summed E-state index contributed by atoms with van der Waals surface area (Å²) < 4.78 is 13.1. The summed E-state index contributed by atoms with van der Waals surface area (Å²) >= 11 is 7.59. The second-order valence-corrected chi connectivity index (χ2v) is 9.48. The topological polar surface area (TPSA) is 74.1 Å². The van der Waals surface area contributed by atoms with Gasteiger partial charge in [0.05, 0.1) is 12.1 Å². The summed E-state index contributed by atoms with van der Waals surface area (Å²) in [6, 6.07) is 20.2. The largest absolute Gasteiger partial charge is 0.352 e. The molecule has 0 radical (unpaired) electrons. The zero-order valence-corrected chi connectivity index (χ0v) is 20.0. The highest BCUT2D eigenvalue weighted by Crippen LogP contribution is 2.35. The van der Waals surface area contributed by atoms with Crippen LogP contribution in [0.15, 0.2) is 82.8 Å². The zero-order valence-electron chi connectivity index (χ0n) is 18.4. The van der Waals surface area contributed by atoms with Crippen molar-refractivity contribution < 1.29 is 14.0 Å². The average molecular weight is 507 g/mol. The molecule has 2 heterocycles. The molecule has 6 nitrogen and oxygen atoms in total. The van der Waals surface area contributed by atoms with Crippen LogP contribution in [-0.4, -0.2) is 33.8 Å². The van der Waals surface area contributed by atoms with Gasteiger partial charge >= 0.3 is 0 Å². The molecule has 2 amide bonds. The fourth-order valence-electron chi connectivity index (χ4n) is 3.93. The summed E-state index contributed by atoms with van der Waals surface area (Å²) in [5.41, 5.74) is 3.26. The van der Waals surface area contributed by atoms with E-state index in [4.69, 9.17) is 16.6 Å². The normalized spacial score (nSPS) is 16.3. The summed E-state index contributed by atoms with van der Waals surface area (Å²) in [5.74, 6) is 0.0643. The molecule has 0 saturated carbocycles. The first kappa shape index (κ1) is 23.3. The van der Waals surface area contributed by atoms with E-state index in [0.29, 0.717) is 21.8 Å². The third-order valence-electron chi connectivity index (χ3n) is 5.65. The molecule has 0 aromatic heterocycles. The Labute approximate surface area is 210 Å². The number of nitrogens with one attached hydrogen (secondary N) is 1. The number of amides is 2. The number of benzene rings is 3. The Bertz CT molecular complexity index is 1360. The molecule has 2 aliphatic rings. The number of para-hydroxylation sites is 1. The number of halogens is 2. The third-order valence-corrected chi connectivity index (χ3v) is 6.91. The molecule has 0 aliphatic carbocycles. The molecule has 1 N–H and O–H groups in total. The predicted molar refractivity (Wildman–Crippen MR) is 136 cm³/mol. The minimum absolute atomic E-state index is 0.0774. The minimum atomic E-state index is -0.794. The maximum Gasteiger partial charge on any atom is 0.271 e. The average Bonchev–Trinajstić information content (AvgIpc) is 3.18. The van der Waals surface area contributed by atoms with Crippen molar-refractivity contribution in [1.82, 2.24) is 10.2 Å². The lowest BCUT2D eigenvalue weighted by Crippen LogP contribution is -2.45. The van der Waals surface area contributed by atoms with Crippen molar-refractivity contribution in [2.24, 2.45) is 9.98 Å². The Morgan fingerprint density at radius 3 is 2.63 bits per heavy atom. The van der Waals surface area contributed by atoms with E-state index in [9.17, 15) is 14.0 Å². The zero-order chi connectivity index (χ0) is 24.4. The van der Waals surface area contributed by atoms with Crippen LogP contribution in [0.5, 0.6) is 0 Å². The third kappa shape index (κ3) is 5.13. The Morgan fingerprint density at radius 1 is 1.03 bits per heavy atom. The van der Waals surface area contributed by atoms with E-state index in [2.05, 4.69) is 10.3 Å². The van der Waals surface area contributed by atoms with Crippen molar-refractivity contribution in [2.75, 3.05) is 0 Å². The predicted octanol–water partition coefficient (Wildman–Crippen LogP) is 5.08. The number of nitrogens with zero attached hydrogens (tertiary/aromatic N) is 3. The SMILES string of the molecule is O=C(CC1C(=O)N=C2c3ccccc3N=C(SCc3cccc(Cl)c3)N21)NCc1ccc(F)cc1. The van der Waals surface area contributed by atoms with Crippen LogP contribution in [0.25, 0.3) is 0 Å². The molecule has 3 aromatic rings. The number of thioether (sulfide) groups is 1. The van der Waals surface area contributed by atoms with Crippen molar-refractivity contribution in [2.45, 2.75) is 24.8 Å². The maximum atomic E-state index is 13.1. The number of carbonyl (C=O) groups excluding carboxylic acids is 2. The van der Waals surface area contributed by atoms with Gasteiger partial charge in [-0.2, -0.15) is 4.99 Å². The van der Waals surface area contributed by atoms with Gasteiger partial charge in [-0.1, -0.05) is 59.8 Å². The van der Waals surface area contributed by atoms with Crippen LogP contribution in [0, 0.1) is 5.82 Å². The second-order valence-electron chi connectivity index (χ2n) is 8.10. The Morgan fingerprint density at radius 2 is 1.83 bits per heavy atom. The van der Waals surface area contributed by atoms with Gasteiger partial charge < -0.3 is 5.32 Å². The molecule has 0 bridgehead atoms. The van der Waals surface area contributed by atoms with Crippen LogP contribution in [0.4, 0.5) is 10.1 Å². The van der Waals surface area contributed by atoms with Crippen molar-refractivity contribution >= 4 is 51.9 Å². The van der Waals surface area contributed by atoms with Gasteiger partial charge in [-0.3, -0.25) is 14.5 Å². The molecule has 5 rings (SSSR count). The van der Waals surface area contributed by atoms with Crippen LogP contribution in [0.1, 0.15) is 23.1 Å². The van der Waals surface area contributed by atoms with Crippen LogP contribution in [0.3, 0.4) is 0 Å². The van der Waals surface area contributed by atoms with Crippen LogP contribution in [0.2, 0.25) is 5.02 Å². The Balaban J connectivity index is 1.35.